The minimum absolute atomic E-state index is 0.0519. The first-order chi connectivity index (χ1) is 15.7. The summed E-state index contributed by atoms with van der Waals surface area (Å²) in [5, 5.41) is 12.2. The molecule has 0 aromatic heterocycles. The fraction of sp³-hybridized carbons (Fsp3) is 0.480. The highest BCUT2D eigenvalue weighted by atomic mass is 79.9. The monoisotopic (exact) mass is 533 g/mol. The van der Waals surface area contributed by atoms with Gasteiger partial charge in [-0.3, -0.25) is 4.90 Å². The standard InChI is InChI=1S/C25H31BrN2O4S/c1-19-17-22(7-8-23(19)26)21-9-13-28(14-10-21)33(31,32)25(24(29)30)11-15-27(16-12-25)18-20-5-3-2-4-6-20/h2-8,17,21H,9-16,18H2,1H3,(H,29,30)/p-1. The number of carbonyl (C=O) groups excluding carboxylic acids is 1. The third kappa shape index (κ3) is 4.90. The molecule has 0 bridgehead atoms. The molecule has 0 aliphatic carbocycles. The quantitative estimate of drug-likeness (QED) is 0.569. The van der Waals surface area contributed by atoms with E-state index in [2.05, 4.69) is 33.0 Å². The van der Waals surface area contributed by atoms with Crippen molar-refractivity contribution >= 4 is 31.9 Å². The molecule has 2 fully saturated rings. The van der Waals surface area contributed by atoms with Gasteiger partial charge < -0.3 is 9.90 Å². The third-order valence-corrected chi connectivity index (χ3v) is 10.7. The number of aliphatic carboxylic acids is 1. The predicted octanol–water partition coefficient (Wildman–Crippen LogP) is 3.05. The summed E-state index contributed by atoms with van der Waals surface area (Å²) in [6.45, 7) is 4.23. The molecule has 0 atom stereocenters. The van der Waals surface area contributed by atoms with Crippen molar-refractivity contribution in [3.05, 3.63) is 69.7 Å². The number of halogens is 1. The lowest BCUT2D eigenvalue weighted by Gasteiger charge is -2.45. The van der Waals surface area contributed by atoms with Crippen molar-refractivity contribution in [1.29, 1.82) is 0 Å². The second kappa shape index (κ2) is 9.86. The molecule has 0 amide bonds. The van der Waals surface area contributed by atoms with Gasteiger partial charge in [-0.1, -0.05) is 58.4 Å². The predicted molar refractivity (Wildman–Crippen MR) is 130 cm³/mol. The van der Waals surface area contributed by atoms with Crippen LogP contribution in [-0.2, 0) is 21.4 Å². The molecule has 33 heavy (non-hydrogen) atoms. The molecule has 6 nitrogen and oxygen atoms in total. The zero-order valence-corrected chi connectivity index (χ0v) is 21.3. The maximum absolute atomic E-state index is 13.6. The van der Waals surface area contributed by atoms with Crippen molar-refractivity contribution in [2.75, 3.05) is 26.2 Å². The Kier molecular flexibility index (Phi) is 7.29. The summed E-state index contributed by atoms with van der Waals surface area (Å²) in [7, 11) is -4.03. The summed E-state index contributed by atoms with van der Waals surface area (Å²) in [5.74, 6) is -1.19. The molecule has 2 aliphatic rings. The van der Waals surface area contributed by atoms with E-state index < -0.39 is 20.7 Å². The Morgan fingerprint density at radius 1 is 1.06 bits per heavy atom. The third-order valence-electron chi connectivity index (χ3n) is 7.23. The molecule has 8 heteroatoms. The van der Waals surface area contributed by atoms with E-state index >= 15 is 0 Å². The number of hydrogen-bond acceptors (Lipinski definition) is 5. The number of hydrogen-bond donors (Lipinski definition) is 0. The Morgan fingerprint density at radius 2 is 1.70 bits per heavy atom. The van der Waals surface area contributed by atoms with Crippen LogP contribution in [0, 0.1) is 6.92 Å². The molecule has 2 aliphatic heterocycles. The Hall–Kier alpha value is -1.74. The van der Waals surface area contributed by atoms with Gasteiger partial charge in [-0.15, -0.1) is 0 Å². The highest BCUT2D eigenvalue weighted by Gasteiger charge is 2.50. The molecule has 2 aromatic rings. The van der Waals surface area contributed by atoms with Crippen molar-refractivity contribution in [2.24, 2.45) is 0 Å². The molecule has 0 spiro atoms. The van der Waals surface area contributed by atoms with E-state index in [-0.39, 0.29) is 18.8 Å². The minimum Gasteiger partial charge on any atom is -0.548 e. The lowest BCUT2D eigenvalue weighted by Crippen LogP contribution is -2.63. The average molecular weight is 534 g/mol. The van der Waals surface area contributed by atoms with Gasteiger partial charge in [-0.25, -0.2) is 12.7 Å². The molecule has 0 unspecified atom stereocenters. The van der Waals surface area contributed by atoms with Crippen LogP contribution in [0.5, 0.6) is 0 Å². The summed E-state index contributed by atoms with van der Waals surface area (Å²) >= 11 is 3.52. The summed E-state index contributed by atoms with van der Waals surface area (Å²) < 4.78 is 27.8. The summed E-state index contributed by atoms with van der Waals surface area (Å²) in [6, 6.07) is 16.2. The number of piperidine rings is 2. The van der Waals surface area contributed by atoms with Crippen LogP contribution < -0.4 is 5.11 Å². The minimum atomic E-state index is -4.03. The highest BCUT2D eigenvalue weighted by Crippen LogP contribution is 2.37. The number of benzene rings is 2. The fourth-order valence-electron chi connectivity index (χ4n) is 5.08. The van der Waals surface area contributed by atoms with Gasteiger partial charge >= 0.3 is 0 Å². The molecule has 0 radical (unpaired) electrons. The van der Waals surface area contributed by atoms with Crippen molar-refractivity contribution in [3.8, 4) is 0 Å². The smallest absolute Gasteiger partial charge is 0.225 e. The molecule has 0 N–H and O–H groups in total. The normalized spacial score (nSPS) is 20.5. The first-order valence-corrected chi connectivity index (χ1v) is 13.7. The van der Waals surface area contributed by atoms with Gasteiger partial charge in [0.25, 0.3) is 0 Å². The van der Waals surface area contributed by atoms with Gasteiger partial charge in [-0.2, -0.15) is 0 Å². The van der Waals surface area contributed by atoms with Crippen LogP contribution in [0.1, 0.15) is 48.3 Å². The number of carboxylic acid groups (broad SMARTS) is 1. The van der Waals surface area contributed by atoms with E-state index in [1.807, 2.05) is 43.3 Å². The molecule has 2 aromatic carbocycles. The molecule has 4 rings (SSSR count). The van der Waals surface area contributed by atoms with Crippen molar-refractivity contribution < 1.29 is 18.3 Å². The molecule has 2 heterocycles. The van der Waals surface area contributed by atoms with E-state index in [1.165, 1.54) is 9.87 Å². The van der Waals surface area contributed by atoms with E-state index in [1.54, 1.807) is 0 Å². The zero-order valence-electron chi connectivity index (χ0n) is 18.9. The largest absolute Gasteiger partial charge is 0.548 e. The molecule has 178 valence electrons. The first-order valence-electron chi connectivity index (χ1n) is 11.5. The van der Waals surface area contributed by atoms with Crippen molar-refractivity contribution in [2.45, 2.75) is 49.8 Å². The maximum Gasteiger partial charge on any atom is 0.225 e. The molecule has 2 saturated heterocycles. The van der Waals surface area contributed by atoms with E-state index in [4.69, 9.17) is 0 Å². The Bertz CT molecular complexity index is 1090. The van der Waals surface area contributed by atoms with E-state index in [9.17, 15) is 18.3 Å². The fourth-order valence-corrected chi connectivity index (χ4v) is 7.42. The number of likely N-dealkylation sites (tertiary alicyclic amines) is 1. The lowest BCUT2D eigenvalue weighted by atomic mass is 9.89. The van der Waals surface area contributed by atoms with Crippen LogP contribution in [0.2, 0.25) is 0 Å². The highest BCUT2D eigenvalue weighted by molar-refractivity contribution is 9.10. The average Bonchev–Trinajstić information content (AvgIpc) is 2.82. The lowest BCUT2D eigenvalue weighted by molar-refractivity contribution is -0.310. The number of rotatable bonds is 6. The van der Waals surface area contributed by atoms with Gasteiger partial charge in [-0.05, 0) is 61.3 Å². The Morgan fingerprint density at radius 3 is 2.27 bits per heavy atom. The van der Waals surface area contributed by atoms with E-state index in [0.717, 1.165) is 15.6 Å². The second-order valence-corrected chi connectivity index (χ2v) is 12.3. The van der Waals surface area contributed by atoms with Crippen LogP contribution in [-0.4, -0.2) is 54.5 Å². The topological polar surface area (TPSA) is 80.8 Å². The zero-order chi connectivity index (χ0) is 23.6. The summed E-state index contributed by atoms with van der Waals surface area (Å²) in [5.41, 5.74) is 3.49. The van der Waals surface area contributed by atoms with Crippen LogP contribution in [0.15, 0.2) is 53.0 Å². The number of nitrogens with zero attached hydrogens (tertiary/aromatic N) is 2. The number of carbonyl (C=O) groups is 1. The SMILES string of the molecule is Cc1cc(C2CCN(S(=O)(=O)C3(C(=O)[O-])CCN(Cc4ccccc4)CC3)CC2)ccc1Br. The van der Waals surface area contributed by atoms with Gasteiger partial charge in [0, 0.05) is 37.2 Å². The Labute approximate surface area is 204 Å². The van der Waals surface area contributed by atoms with Crippen LogP contribution in [0.25, 0.3) is 0 Å². The summed E-state index contributed by atoms with van der Waals surface area (Å²) in [6.07, 6.45) is 1.47. The van der Waals surface area contributed by atoms with E-state index in [0.29, 0.717) is 45.6 Å². The molecule has 0 saturated carbocycles. The maximum atomic E-state index is 13.6. The number of aryl methyl sites for hydroxylation is 1. The van der Waals surface area contributed by atoms with Crippen LogP contribution in [0.4, 0.5) is 0 Å². The number of carboxylic acids is 1. The summed E-state index contributed by atoms with van der Waals surface area (Å²) in [4.78, 5) is 14.4. The van der Waals surface area contributed by atoms with Crippen molar-refractivity contribution in [3.63, 3.8) is 0 Å². The first kappa shape index (κ1) is 24.4. The Balaban J connectivity index is 1.43. The van der Waals surface area contributed by atoms with Gasteiger partial charge in [0.1, 0.15) is 4.75 Å². The van der Waals surface area contributed by atoms with Crippen LogP contribution in [0.3, 0.4) is 0 Å². The van der Waals surface area contributed by atoms with Crippen molar-refractivity contribution in [1.82, 2.24) is 9.21 Å². The number of sulfonamides is 1. The van der Waals surface area contributed by atoms with Gasteiger partial charge in [0.15, 0.2) is 0 Å². The second-order valence-electron chi connectivity index (χ2n) is 9.23. The van der Waals surface area contributed by atoms with Gasteiger partial charge in [0.2, 0.25) is 10.0 Å². The molecular weight excluding hydrogens is 504 g/mol. The van der Waals surface area contributed by atoms with Gasteiger partial charge in [0.05, 0.1) is 5.97 Å². The molecular formula is C25H30BrN2O4S-. The van der Waals surface area contributed by atoms with Crippen LogP contribution >= 0.6 is 15.9 Å².